The van der Waals surface area contributed by atoms with Crippen molar-refractivity contribution in [3.05, 3.63) is 34.6 Å². The van der Waals surface area contributed by atoms with E-state index in [0.717, 1.165) is 0 Å². The van der Waals surface area contributed by atoms with E-state index in [-0.39, 0.29) is 17.8 Å². The van der Waals surface area contributed by atoms with E-state index in [4.69, 9.17) is 9.90 Å². The van der Waals surface area contributed by atoms with Crippen molar-refractivity contribution < 1.29 is 14.3 Å². The molecule has 7 heteroatoms. The van der Waals surface area contributed by atoms with Gasteiger partial charge in [-0.1, -0.05) is 0 Å². The van der Waals surface area contributed by atoms with Gasteiger partial charge in [-0.15, -0.1) is 11.8 Å². The van der Waals surface area contributed by atoms with E-state index in [2.05, 4.69) is 9.97 Å². The van der Waals surface area contributed by atoms with Crippen LogP contribution in [0.1, 0.15) is 0 Å². The van der Waals surface area contributed by atoms with Gasteiger partial charge < -0.3 is 10.1 Å². The molecule has 0 radical (unpaired) electrons. The van der Waals surface area contributed by atoms with Gasteiger partial charge in [0, 0.05) is 11.0 Å². The van der Waals surface area contributed by atoms with Crippen LogP contribution in [0.3, 0.4) is 0 Å². The van der Waals surface area contributed by atoms with Crippen molar-refractivity contribution in [1.29, 1.82) is 0 Å². The Morgan fingerprint density at radius 2 is 2.18 bits per heavy atom. The fourth-order valence-electron chi connectivity index (χ4n) is 1.23. The summed E-state index contributed by atoms with van der Waals surface area (Å²) in [6.07, 6.45) is 3.03. The van der Waals surface area contributed by atoms with E-state index < -0.39 is 0 Å². The molecule has 90 valence electrons. The zero-order valence-corrected chi connectivity index (χ0v) is 9.62. The molecule has 2 rings (SSSR count). The van der Waals surface area contributed by atoms with Gasteiger partial charge in [0.15, 0.2) is 0 Å². The molecule has 0 fully saturated rings. The fraction of sp³-hybridized carbons (Fsp3) is 0.100. The Morgan fingerprint density at radius 1 is 1.53 bits per heavy atom. The van der Waals surface area contributed by atoms with Crippen LogP contribution in [0.4, 0.5) is 4.39 Å². The van der Waals surface area contributed by atoms with Crippen LogP contribution >= 0.6 is 11.8 Å². The number of hydrogen-bond acceptors (Lipinski definition) is 4. The quantitative estimate of drug-likeness (QED) is 0.596. The fourth-order valence-corrected chi connectivity index (χ4v) is 1.72. The van der Waals surface area contributed by atoms with E-state index >= 15 is 0 Å². The number of fused-ring (bicyclic) bond motifs is 1. The third-order valence-corrected chi connectivity index (χ3v) is 2.67. The summed E-state index contributed by atoms with van der Waals surface area (Å²) in [5, 5.41) is 7.30. The topological polar surface area (TPSA) is 83.0 Å². The second kappa shape index (κ2) is 6.00. The number of thioether (sulfide) groups is 1. The molecule has 0 aliphatic rings. The summed E-state index contributed by atoms with van der Waals surface area (Å²) in [7, 11) is 0. The van der Waals surface area contributed by atoms with Gasteiger partial charge in [-0.3, -0.25) is 9.59 Å². The minimum Gasteiger partial charge on any atom is -0.483 e. The molecule has 1 aromatic heterocycles. The average Bonchev–Trinajstić information content (AvgIpc) is 2.30. The van der Waals surface area contributed by atoms with Crippen LogP contribution in [-0.2, 0) is 4.79 Å². The summed E-state index contributed by atoms with van der Waals surface area (Å²) in [6, 6.07) is 2.79. The standard InChI is InChI=1S/C9H7FN2OS.CH2O2/c1-14-8-2-5-7(3-6(8)10)11-4-12-9(5)13;2-1-3/h2-4H,1H3,(H,11,12,13);1H,(H,2,3). The summed E-state index contributed by atoms with van der Waals surface area (Å²) in [5.74, 6) is -0.344. The number of halogens is 1. The van der Waals surface area contributed by atoms with E-state index in [0.29, 0.717) is 15.8 Å². The maximum absolute atomic E-state index is 13.3. The second-order valence-electron chi connectivity index (χ2n) is 2.84. The lowest BCUT2D eigenvalue weighted by atomic mass is 10.2. The van der Waals surface area contributed by atoms with Gasteiger partial charge in [0.05, 0.1) is 17.2 Å². The van der Waals surface area contributed by atoms with Gasteiger partial charge in [-0.05, 0) is 12.3 Å². The van der Waals surface area contributed by atoms with Crippen molar-refractivity contribution in [3.63, 3.8) is 0 Å². The number of nitrogens with zero attached hydrogens (tertiary/aromatic N) is 1. The third kappa shape index (κ3) is 3.04. The van der Waals surface area contributed by atoms with Crippen molar-refractivity contribution in [3.8, 4) is 0 Å². The van der Waals surface area contributed by atoms with Crippen molar-refractivity contribution in [2.45, 2.75) is 4.90 Å². The molecule has 0 aliphatic heterocycles. The molecule has 17 heavy (non-hydrogen) atoms. The smallest absolute Gasteiger partial charge is 0.290 e. The van der Waals surface area contributed by atoms with Crippen LogP contribution in [0, 0.1) is 5.82 Å². The van der Waals surface area contributed by atoms with E-state index in [1.54, 1.807) is 6.26 Å². The lowest BCUT2D eigenvalue weighted by molar-refractivity contribution is -0.122. The highest BCUT2D eigenvalue weighted by atomic mass is 32.2. The Balaban J connectivity index is 0.000000437. The number of carbonyl (C=O) groups is 1. The van der Waals surface area contributed by atoms with Crippen molar-refractivity contribution >= 4 is 29.1 Å². The Kier molecular flexibility index (Phi) is 4.65. The summed E-state index contributed by atoms with van der Waals surface area (Å²) in [5.41, 5.74) is 0.134. The van der Waals surface area contributed by atoms with E-state index in [9.17, 15) is 9.18 Å². The van der Waals surface area contributed by atoms with Gasteiger partial charge in [-0.2, -0.15) is 0 Å². The van der Waals surface area contributed by atoms with Gasteiger partial charge in [-0.25, -0.2) is 9.37 Å². The summed E-state index contributed by atoms with van der Waals surface area (Å²) >= 11 is 1.26. The molecule has 0 spiro atoms. The molecule has 2 aromatic rings. The molecule has 0 saturated heterocycles. The van der Waals surface area contributed by atoms with Gasteiger partial charge >= 0.3 is 0 Å². The zero-order valence-electron chi connectivity index (χ0n) is 8.81. The molecule has 0 atom stereocenters. The van der Waals surface area contributed by atoms with Crippen molar-refractivity contribution in [2.75, 3.05) is 6.26 Å². The maximum atomic E-state index is 13.3. The molecule has 0 amide bonds. The normalized spacial score (nSPS) is 9.53. The molecule has 0 saturated carbocycles. The Labute approximate surface area is 99.7 Å². The first kappa shape index (κ1) is 13.2. The van der Waals surface area contributed by atoms with Crippen LogP contribution < -0.4 is 5.56 Å². The van der Waals surface area contributed by atoms with E-state index in [1.165, 1.54) is 30.2 Å². The SMILES string of the molecule is CSc1cc2c(=O)[nH]cnc2cc1F.O=CO. The minimum absolute atomic E-state index is 0.245. The first-order valence-corrected chi connectivity index (χ1v) is 5.65. The zero-order chi connectivity index (χ0) is 12.8. The van der Waals surface area contributed by atoms with Crippen LogP contribution in [0.15, 0.2) is 28.2 Å². The van der Waals surface area contributed by atoms with Crippen LogP contribution in [-0.4, -0.2) is 27.8 Å². The molecule has 1 aromatic carbocycles. The number of hydrogen-bond donors (Lipinski definition) is 2. The second-order valence-corrected chi connectivity index (χ2v) is 3.69. The van der Waals surface area contributed by atoms with E-state index in [1.807, 2.05) is 0 Å². The highest BCUT2D eigenvalue weighted by Crippen LogP contribution is 2.22. The van der Waals surface area contributed by atoms with Gasteiger partial charge in [0.1, 0.15) is 5.82 Å². The molecular formula is C10H9FN2O3S. The number of aromatic amines is 1. The highest BCUT2D eigenvalue weighted by molar-refractivity contribution is 7.98. The molecular weight excluding hydrogens is 247 g/mol. The van der Waals surface area contributed by atoms with Crippen molar-refractivity contribution in [2.24, 2.45) is 0 Å². The molecule has 1 heterocycles. The number of nitrogens with one attached hydrogen (secondary N) is 1. The molecule has 2 N–H and O–H groups in total. The number of H-pyrrole nitrogens is 1. The first-order valence-electron chi connectivity index (χ1n) is 4.42. The van der Waals surface area contributed by atoms with Crippen molar-refractivity contribution in [1.82, 2.24) is 9.97 Å². The lowest BCUT2D eigenvalue weighted by Crippen LogP contribution is -2.06. The summed E-state index contributed by atoms with van der Waals surface area (Å²) in [4.78, 5) is 26.5. The van der Waals surface area contributed by atoms with Gasteiger partial charge in [0.2, 0.25) is 0 Å². The highest BCUT2D eigenvalue weighted by Gasteiger charge is 2.06. The average molecular weight is 256 g/mol. The number of carboxylic acid groups (broad SMARTS) is 1. The molecule has 0 bridgehead atoms. The summed E-state index contributed by atoms with van der Waals surface area (Å²) in [6.45, 7) is -0.250. The van der Waals surface area contributed by atoms with Crippen LogP contribution in [0.2, 0.25) is 0 Å². The molecule has 0 aliphatic carbocycles. The van der Waals surface area contributed by atoms with Crippen LogP contribution in [0.25, 0.3) is 10.9 Å². The van der Waals surface area contributed by atoms with Crippen LogP contribution in [0.5, 0.6) is 0 Å². The first-order chi connectivity index (χ1) is 8.13. The third-order valence-electron chi connectivity index (χ3n) is 1.91. The Morgan fingerprint density at radius 3 is 2.76 bits per heavy atom. The monoisotopic (exact) mass is 256 g/mol. The molecule has 0 unspecified atom stereocenters. The predicted molar refractivity (Wildman–Crippen MR) is 62.8 cm³/mol. The number of rotatable bonds is 1. The Bertz CT molecular complexity index is 585. The predicted octanol–water partition coefficient (Wildman–Crippen LogP) is 1.48. The number of aromatic nitrogens is 2. The van der Waals surface area contributed by atoms with Gasteiger partial charge in [0.25, 0.3) is 12.0 Å². The largest absolute Gasteiger partial charge is 0.483 e. The number of benzene rings is 1. The lowest BCUT2D eigenvalue weighted by Gasteiger charge is -2.00. The Hall–Kier alpha value is -1.89. The maximum Gasteiger partial charge on any atom is 0.290 e. The summed E-state index contributed by atoms with van der Waals surface area (Å²) < 4.78 is 13.3. The minimum atomic E-state index is -0.344. The molecule has 5 nitrogen and oxygen atoms in total.